The number of rotatable bonds is 5. The molecular weight excluding hydrogens is 316 g/mol. The second kappa shape index (κ2) is 6.51. The highest BCUT2D eigenvalue weighted by Gasteiger charge is 2.36. The van der Waals surface area contributed by atoms with Gasteiger partial charge in [0.2, 0.25) is 0 Å². The zero-order valence-electron chi connectivity index (χ0n) is 12.6. The highest BCUT2D eigenvalue weighted by Crippen LogP contribution is 2.38. The number of pyridine rings is 1. The second-order valence-corrected chi connectivity index (χ2v) is 6.46. The minimum absolute atomic E-state index is 0.152. The summed E-state index contributed by atoms with van der Waals surface area (Å²) in [4.78, 5) is 20.5. The Hall–Kier alpha value is -2.19. The number of nitrogens with zero attached hydrogens (tertiary/aromatic N) is 2. The summed E-state index contributed by atoms with van der Waals surface area (Å²) < 4.78 is 5.20. The number of nitrogen functional groups attached to an aromatic ring is 1. The molecule has 23 heavy (non-hydrogen) atoms. The maximum atomic E-state index is 12.4. The molecule has 3 rings (SSSR count). The molecular formula is C15H18N4O3S. The molecule has 0 aromatic carbocycles. The van der Waals surface area contributed by atoms with E-state index in [1.165, 1.54) is 11.3 Å². The number of methoxy groups -OCH3 is 1. The van der Waals surface area contributed by atoms with Gasteiger partial charge in [0.05, 0.1) is 25.5 Å². The maximum absolute atomic E-state index is 12.4. The second-order valence-electron chi connectivity index (χ2n) is 5.57. The fraction of sp³-hybridized carbons (Fsp3) is 0.400. The molecule has 1 aliphatic carbocycles. The zero-order chi connectivity index (χ0) is 16.4. The Bertz CT molecular complexity index is 700. The molecule has 0 radical (unpaired) electrons. The number of aromatic nitrogens is 2. The Kier molecular flexibility index (Phi) is 4.44. The van der Waals surface area contributed by atoms with Crippen molar-refractivity contribution in [2.75, 3.05) is 12.8 Å². The van der Waals surface area contributed by atoms with E-state index in [1.54, 1.807) is 24.9 Å². The summed E-state index contributed by atoms with van der Waals surface area (Å²) in [6, 6.07) is 1.59. The van der Waals surface area contributed by atoms with Crippen LogP contribution in [0.3, 0.4) is 0 Å². The number of carbonyl (C=O) groups is 1. The third kappa shape index (κ3) is 3.43. The van der Waals surface area contributed by atoms with Crippen LogP contribution in [-0.2, 0) is 0 Å². The summed E-state index contributed by atoms with van der Waals surface area (Å²) in [5.41, 5.74) is 6.72. The van der Waals surface area contributed by atoms with Gasteiger partial charge in [0.25, 0.3) is 5.91 Å². The lowest BCUT2D eigenvalue weighted by Gasteiger charge is -2.38. The molecule has 2 heterocycles. The Labute approximate surface area is 137 Å². The first-order valence-electron chi connectivity index (χ1n) is 7.25. The van der Waals surface area contributed by atoms with Gasteiger partial charge in [-0.2, -0.15) is 0 Å². The van der Waals surface area contributed by atoms with E-state index in [4.69, 9.17) is 10.5 Å². The van der Waals surface area contributed by atoms with Crippen LogP contribution in [0.1, 0.15) is 34.9 Å². The lowest BCUT2D eigenvalue weighted by molar-refractivity contribution is 0.0234. The van der Waals surface area contributed by atoms with Crippen LogP contribution in [0, 0.1) is 5.92 Å². The molecule has 0 aliphatic heterocycles. The average Bonchev–Trinajstić information content (AvgIpc) is 2.96. The van der Waals surface area contributed by atoms with Gasteiger partial charge in [0.1, 0.15) is 11.4 Å². The molecule has 0 bridgehead atoms. The van der Waals surface area contributed by atoms with Crippen LogP contribution in [-0.4, -0.2) is 34.2 Å². The van der Waals surface area contributed by atoms with E-state index in [1.807, 2.05) is 6.07 Å². The van der Waals surface area contributed by atoms with Gasteiger partial charge in [-0.3, -0.25) is 9.78 Å². The van der Waals surface area contributed by atoms with Crippen LogP contribution >= 0.6 is 11.3 Å². The van der Waals surface area contributed by atoms with Crippen molar-refractivity contribution in [3.8, 4) is 5.75 Å². The normalized spacial score (nSPS) is 21.3. The van der Waals surface area contributed by atoms with Crippen LogP contribution in [0.4, 0.5) is 5.13 Å². The number of hydrogen-bond donors (Lipinski definition) is 3. The molecule has 1 fully saturated rings. The molecule has 1 atom stereocenters. The monoisotopic (exact) mass is 334 g/mol. The van der Waals surface area contributed by atoms with Crippen molar-refractivity contribution in [3.05, 3.63) is 35.1 Å². The Morgan fingerprint density at radius 1 is 1.52 bits per heavy atom. The summed E-state index contributed by atoms with van der Waals surface area (Å²) in [6.45, 7) is 0. The predicted molar refractivity (Wildman–Crippen MR) is 86.3 cm³/mol. The number of ether oxygens (including phenoxy) is 1. The topological polar surface area (TPSA) is 110 Å². The third-order valence-electron chi connectivity index (χ3n) is 3.99. The van der Waals surface area contributed by atoms with Crippen molar-refractivity contribution in [2.24, 2.45) is 5.92 Å². The minimum Gasteiger partial charge on any atom is -0.495 e. The van der Waals surface area contributed by atoms with Crippen molar-refractivity contribution in [2.45, 2.75) is 25.0 Å². The number of aliphatic hydroxyl groups is 1. The van der Waals surface area contributed by atoms with Crippen molar-refractivity contribution >= 4 is 22.4 Å². The number of nitrogens with one attached hydrogen (secondary N) is 1. The molecule has 2 aromatic heterocycles. The standard InChI is InChI=1S/C15H18N4O3S/c1-22-11-4-9(5-17-6-11)13(8-2-10(20)3-8)19-14(21)12-7-23-15(16)18-12/h4-8,10,13,20H,2-3H2,1H3,(H2,16,18)(H,19,21)/t8?,10?,13-/m0/s1. The number of hydrogen-bond acceptors (Lipinski definition) is 7. The summed E-state index contributed by atoms with van der Waals surface area (Å²) in [7, 11) is 1.57. The quantitative estimate of drug-likeness (QED) is 0.762. The Balaban J connectivity index is 1.82. The van der Waals surface area contributed by atoms with Crippen molar-refractivity contribution < 1.29 is 14.6 Å². The minimum atomic E-state index is -0.312. The zero-order valence-corrected chi connectivity index (χ0v) is 13.4. The molecule has 8 heteroatoms. The summed E-state index contributed by atoms with van der Waals surface area (Å²) in [5, 5.41) is 14.6. The van der Waals surface area contributed by atoms with Crippen LogP contribution in [0.25, 0.3) is 0 Å². The van der Waals surface area contributed by atoms with Gasteiger partial charge in [-0.15, -0.1) is 11.3 Å². The summed E-state index contributed by atoms with van der Waals surface area (Å²) in [5.74, 6) is 0.491. The van der Waals surface area contributed by atoms with E-state index < -0.39 is 0 Å². The average molecular weight is 334 g/mol. The number of carbonyl (C=O) groups excluding carboxylic acids is 1. The van der Waals surface area contributed by atoms with E-state index in [0.29, 0.717) is 29.4 Å². The molecule has 1 amide bonds. The summed E-state index contributed by atoms with van der Waals surface area (Å²) in [6.07, 6.45) is 4.28. The van der Waals surface area contributed by atoms with Gasteiger partial charge >= 0.3 is 0 Å². The van der Waals surface area contributed by atoms with E-state index in [-0.39, 0.29) is 24.0 Å². The molecule has 0 saturated heterocycles. The van der Waals surface area contributed by atoms with Crippen LogP contribution < -0.4 is 15.8 Å². The van der Waals surface area contributed by atoms with Crippen LogP contribution in [0.15, 0.2) is 23.8 Å². The van der Waals surface area contributed by atoms with Gasteiger partial charge in [0, 0.05) is 11.6 Å². The number of thiazole rings is 1. The first-order chi connectivity index (χ1) is 11.1. The molecule has 122 valence electrons. The lowest BCUT2D eigenvalue weighted by atomic mass is 9.75. The highest BCUT2D eigenvalue weighted by atomic mass is 32.1. The van der Waals surface area contributed by atoms with Gasteiger partial charge in [-0.1, -0.05) is 0 Å². The lowest BCUT2D eigenvalue weighted by Crippen LogP contribution is -2.41. The third-order valence-corrected chi connectivity index (χ3v) is 4.67. The Morgan fingerprint density at radius 2 is 2.30 bits per heavy atom. The van der Waals surface area contributed by atoms with Crippen molar-refractivity contribution in [1.29, 1.82) is 0 Å². The van der Waals surface area contributed by atoms with E-state index >= 15 is 0 Å². The number of nitrogens with two attached hydrogens (primary N) is 1. The van der Waals surface area contributed by atoms with E-state index in [0.717, 1.165) is 5.56 Å². The fourth-order valence-electron chi connectivity index (χ4n) is 2.70. The largest absolute Gasteiger partial charge is 0.495 e. The molecule has 0 unspecified atom stereocenters. The van der Waals surface area contributed by atoms with Gasteiger partial charge < -0.3 is 20.9 Å². The first kappa shape index (κ1) is 15.7. The highest BCUT2D eigenvalue weighted by molar-refractivity contribution is 7.13. The van der Waals surface area contributed by atoms with Crippen LogP contribution in [0.2, 0.25) is 0 Å². The fourth-order valence-corrected chi connectivity index (χ4v) is 3.24. The number of amides is 1. The van der Waals surface area contributed by atoms with Gasteiger partial charge in [-0.05, 0) is 30.4 Å². The molecule has 4 N–H and O–H groups in total. The molecule has 2 aromatic rings. The van der Waals surface area contributed by atoms with Gasteiger partial charge in [-0.25, -0.2) is 4.98 Å². The first-order valence-corrected chi connectivity index (χ1v) is 8.13. The predicted octanol–water partition coefficient (Wildman–Crippen LogP) is 1.37. The smallest absolute Gasteiger partial charge is 0.271 e. The summed E-state index contributed by atoms with van der Waals surface area (Å²) >= 11 is 1.22. The Morgan fingerprint density at radius 3 is 2.91 bits per heavy atom. The number of aliphatic hydroxyl groups excluding tert-OH is 1. The maximum Gasteiger partial charge on any atom is 0.271 e. The molecule has 1 aliphatic rings. The van der Waals surface area contributed by atoms with Gasteiger partial charge in [0.15, 0.2) is 5.13 Å². The van der Waals surface area contributed by atoms with Crippen LogP contribution in [0.5, 0.6) is 5.75 Å². The van der Waals surface area contributed by atoms with E-state index in [9.17, 15) is 9.90 Å². The van der Waals surface area contributed by atoms with E-state index in [2.05, 4.69) is 15.3 Å². The molecule has 7 nitrogen and oxygen atoms in total. The SMILES string of the molecule is COc1cncc([C@@H](NC(=O)c2csc(N)n2)C2CC(O)C2)c1. The van der Waals surface area contributed by atoms with Crippen molar-refractivity contribution in [3.63, 3.8) is 0 Å². The van der Waals surface area contributed by atoms with Crippen molar-refractivity contribution in [1.82, 2.24) is 15.3 Å². The number of anilines is 1. The molecule has 0 spiro atoms. The molecule has 1 saturated carbocycles.